The largest absolute Gasteiger partial charge is 0.490 e. The number of rotatable bonds is 7. The lowest BCUT2D eigenvalue weighted by molar-refractivity contribution is -0.144. The second-order valence-corrected chi connectivity index (χ2v) is 10.2. The maximum Gasteiger partial charge on any atom is 0.314 e. The molecule has 3 aliphatic rings. The summed E-state index contributed by atoms with van der Waals surface area (Å²) >= 11 is 0. The predicted octanol–water partition coefficient (Wildman–Crippen LogP) is 7.37. The minimum atomic E-state index is -0.0234. The summed E-state index contributed by atoms with van der Waals surface area (Å²) in [5, 5.41) is 0. The molecule has 3 nitrogen and oxygen atoms in total. The van der Waals surface area contributed by atoms with Crippen LogP contribution in [0, 0.1) is 35.5 Å². The van der Waals surface area contributed by atoms with E-state index in [9.17, 15) is 4.79 Å². The first-order valence-electron chi connectivity index (χ1n) is 12.9. The van der Waals surface area contributed by atoms with Gasteiger partial charge in [-0.1, -0.05) is 37.6 Å². The molecular formula is C29H40O3. The summed E-state index contributed by atoms with van der Waals surface area (Å²) in [5.74, 6) is 5.25. The van der Waals surface area contributed by atoms with E-state index >= 15 is 0 Å². The molecule has 0 aliphatic heterocycles. The minimum Gasteiger partial charge on any atom is -0.490 e. The summed E-state index contributed by atoms with van der Waals surface area (Å²) in [7, 11) is 0. The number of benzene rings is 1. The zero-order chi connectivity index (χ0) is 22.3. The normalized spacial score (nSPS) is 32.8. The number of fused-ring (bicyclic) bond motifs is 1. The second kappa shape index (κ2) is 11.2. The third-order valence-corrected chi connectivity index (χ3v) is 8.35. The van der Waals surface area contributed by atoms with Gasteiger partial charge in [-0.25, -0.2) is 0 Å². The molecular weight excluding hydrogens is 396 g/mol. The first kappa shape index (κ1) is 23.1. The van der Waals surface area contributed by atoms with Crippen molar-refractivity contribution in [2.75, 3.05) is 6.61 Å². The fourth-order valence-electron chi connectivity index (χ4n) is 6.75. The van der Waals surface area contributed by atoms with Gasteiger partial charge in [0.2, 0.25) is 0 Å². The lowest BCUT2D eigenvalue weighted by Crippen LogP contribution is -2.40. The van der Waals surface area contributed by atoms with Crippen molar-refractivity contribution < 1.29 is 14.3 Å². The Balaban J connectivity index is 1.30. The van der Waals surface area contributed by atoms with E-state index < -0.39 is 0 Å². The second-order valence-electron chi connectivity index (χ2n) is 10.2. The molecule has 4 unspecified atom stereocenters. The topological polar surface area (TPSA) is 35.5 Å². The maximum absolute atomic E-state index is 13.1. The molecule has 3 fully saturated rings. The first-order valence-corrected chi connectivity index (χ1v) is 12.9. The third kappa shape index (κ3) is 5.66. The van der Waals surface area contributed by atoms with E-state index in [-0.39, 0.29) is 11.9 Å². The van der Waals surface area contributed by atoms with Crippen molar-refractivity contribution in [3.63, 3.8) is 0 Å². The lowest BCUT2D eigenvalue weighted by atomic mass is 9.59. The van der Waals surface area contributed by atoms with E-state index in [1.807, 2.05) is 24.3 Å². The summed E-state index contributed by atoms with van der Waals surface area (Å²) in [6, 6.07) is 7.37. The predicted molar refractivity (Wildman–Crippen MR) is 130 cm³/mol. The number of ether oxygens (including phenoxy) is 2. The standard InChI is InChI=1S/C29H40O3/c1-3-6-21-9-11-22(12-10-21)23-13-18-27-24(20-23)7-5-8-28(27)29(30)32-26-16-14-25(15-17-26)31-19-4-2/h3-4,6,14-17,21-24,27-28H,2,5,7-13,18-20H2,1H3/b6-3+. The summed E-state index contributed by atoms with van der Waals surface area (Å²) < 4.78 is 11.3. The Bertz CT molecular complexity index is 772. The van der Waals surface area contributed by atoms with Gasteiger partial charge in [-0.2, -0.15) is 0 Å². The van der Waals surface area contributed by atoms with E-state index in [4.69, 9.17) is 9.47 Å². The van der Waals surface area contributed by atoms with Gasteiger partial charge in [-0.05, 0) is 112 Å². The Morgan fingerprint density at radius 1 is 0.938 bits per heavy atom. The van der Waals surface area contributed by atoms with Crippen LogP contribution in [0.4, 0.5) is 0 Å². The lowest BCUT2D eigenvalue weighted by Gasteiger charge is -2.45. The van der Waals surface area contributed by atoms with Crippen LogP contribution in [0.25, 0.3) is 0 Å². The summed E-state index contributed by atoms with van der Waals surface area (Å²) in [4.78, 5) is 13.1. The van der Waals surface area contributed by atoms with Gasteiger partial charge >= 0.3 is 5.97 Å². The van der Waals surface area contributed by atoms with E-state index in [1.165, 1.54) is 51.4 Å². The smallest absolute Gasteiger partial charge is 0.314 e. The van der Waals surface area contributed by atoms with Crippen LogP contribution in [0.5, 0.6) is 11.5 Å². The van der Waals surface area contributed by atoms with Gasteiger partial charge in [0, 0.05) is 0 Å². The molecule has 0 bridgehead atoms. The summed E-state index contributed by atoms with van der Waals surface area (Å²) in [5.41, 5.74) is 0. The van der Waals surface area contributed by atoms with Gasteiger partial charge in [-0.15, -0.1) is 0 Å². The SMILES string of the molecule is C=CCOc1ccc(OC(=O)C2CCCC3CC(C4CCC(/C=C/C)CC4)CCC32)cc1. The zero-order valence-corrected chi connectivity index (χ0v) is 19.7. The molecule has 3 heteroatoms. The Hall–Kier alpha value is -2.03. The molecule has 0 heterocycles. The fourth-order valence-corrected chi connectivity index (χ4v) is 6.75. The number of carbonyl (C=O) groups is 1. The quantitative estimate of drug-likeness (QED) is 0.254. The van der Waals surface area contributed by atoms with Gasteiger partial charge in [0.05, 0.1) is 5.92 Å². The van der Waals surface area contributed by atoms with E-state index in [0.717, 1.165) is 36.3 Å². The van der Waals surface area contributed by atoms with Crippen molar-refractivity contribution in [3.8, 4) is 11.5 Å². The molecule has 4 atom stereocenters. The molecule has 0 radical (unpaired) electrons. The van der Waals surface area contributed by atoms with Crippen LogP contribution in [-0.2, 0) is 4.79 Å². The Kier molecular flexibility index (Phi) is 8.10. The van der Waals surface area contributed by atoms with E-state index in [2.05, 4.69) is 25.7 Å². The number of esters is 1. The monoisotopic (exact) mass is 436 g/mol. The number of hydrogen-bond donors (Lipinski definition) is 0. The highest BCUT2D eigenvalue weighted by Gasteiger charge is 2.43. The molecule has 4 rings (SSSR count). The average molecular weight is 437 g/mol. The summed E-state index contributed by atoms with van der Waals surface area (Å²) in [6.45, 7) is 6.28. The highest BCUT2D eigenvalue weighted by molar-refractivity contribution is 5.75. The highest BCUT2D eigenvalue weighted by Crippen LogP contribution is 2.50. The van der Waals surface area contributed by atoms with Gasteiger partial charge < -0.3 is 9.47 Å². The van der Waals surface area contributed by atoms with Crippen LogP contribution >= 0.6 is 0 Å². The van der Waals surface area contributed by atoms with Crippen molar-refractivity contribution in [2.45, 2.75) is 71.1 Å². The Labute approximate surface area is 194 Å². The van der Waals surface area contributed by atoms with Gasteiger partial charge in [-0.3, -0.25) is 4.79 Å². The van der Waals surface area contributed by atoms with Gasteiger partial charge in [0.25, 0.3) is 0 Å². The molecule has 174 valence electrons. The molecule has 1 aromatic carbocycles. The minimum absolute atomic E-state index is 0.0234. The summed E-state index contributed by atoms with van der Waals surface area (Å²) in [6.07, 6.45) is 19.2. The third-order valence-electron chi connectivity index (χ3n) is 8.35. The molecule has 0 saturated heterocycles. The molecule has 0 amide bonds. The Morgan fingerprint density at radius 2 is 1.66 bits per heavy atom. The van der Waals surface area contributed by atoms with Gasteiger partial charge in [0.15, 0.2) is 0 Å². The first-order chi connectivity index (χ1) is 15.7. The van der Waals surface area contributed by atoms with Crippen LogP contribution in [0.1, 0.15) is 71.1 Å². The van der Waals surface area contributed by atoms with E-state index in [0.29, 0.717) is 24.2 Å². The average Bonchev–Trinajstić information content (AvgIpc) is 2.83. The molecule has 3 aliphatic carbocycles. The van der Waals surface area contributed by atoms with Crippen molar-refractivity contribution in [2.24, 2.45) is 35.5 Å². The van der Waals surface area contributed by atoms with Crippen molar-refractivity contribution >= 4 is 5.97 Å². The molecule has 32 heavy (non-hydrogen) atoms. The van der Waals surface area contributed by atoms with Crippen molar-refractivity contribution in [1.82, 2.24) is 0 Å². The number of carbonyl (C=O) groups excluding carboxylic acids is 1. The Morgan fingerprint density at radius 3 is 2.38 bits per heavy atom. The van der Waals surface area contributed by atoms with Crippen LogP contribution < -0.4 is 9.47 Å². The van der Waals surface area contributed by atoms with Crippen LogP contribution in [0.2, 0.25) is 0 Å². The van der Waals surface area contributed by atoms with Crippen LogP contribution in [0.15, 0.2) is 49.1 Å². The van der Waals surface area contributed by atoms with E-state index in [1.54, 1.807) is 6.08 Å². The van der Waals surface area contributed by atoms with Crippen molar-refractivity contribution in [1.29, 1.82) is 0 Å². The molecule has 0 aromatic heterocycles. The van der Waals surface area contributed by atoms with Gasteiger partial charge in [0.1, 0.15) is 18.1 Å². The molecule has 3 saturated carbocycles. The highest BCUT2D eigenvalue weighted by atomic mass is 16.5. The maximum atomic E-state index is 13.1. The van der Waals surface area contributed by atoms with Crippen molar-refractivity contribution in [3.05, 3.63) is 49.1 Å². The zero-order valence-electron chi connectivity index (χ0n) is 19.7. The van der Waals surface area contributed by atoms with Crippen LogP contribution in [-0.4, -0.2) is 12.6 Å². The molecule has 0 spiro atoms. The number of allylic oxidation sites excluding steroid dienone is 2. The number of hydrogen-bond acceptors (Lipinski definition) is 3. The molecule has 1 aromatic rings. The molecule has 0 N–H and O–H groups in total. The fraction of sp³-hybridized carbons (Fsp3) is 0.621. The van der Waals surface area contributed by atoms with Crippen LogP contribution in [0.3, 0.4) is 0 Å².